The number of aromatic nitrogens is 2. The van der Waals surface area contributed by atoms with Gasteiger partial charge in [-0.3, -0.25) is 4.79 Å². The Balaban J connectivity index is 1.57. The van der Waals surface area contributed by atoms with Crippen molar-refractivity contribution in [3.8, 4) is 0 Å². The largest absolute Gasteiger partial charge is 0.376 e. The van der Waals surface area contributed by atoms with Gasteiger partial charge in [0.25, 0.3) is 5.91 Å². The van der Waals surface area contributed by atoms with Crippen molar-refractivity contribution in [2.75, 3.05) is 25.5 Å². The molecule has 0 radical (unpaired) electrons. The lowest BCUT2D eigenvalue weighted by Gasteiger charge is -2.31. The van der Waals surface area contributed by atoms with E-state index >= 15 is 0 Å². The van der Waals surface area contributed by atoms with Gasteiger partial charge in [-0.25, -0.2) is 9.97 Å². The molecule has 0 aromatic carbocycles. The number of ether oxygens (including phenoxy) is 1. The lowest BCUT2D eigenvalue weighted by Crippen LogP contribution is -2.38. The SMILES string of the molecule is Cc1c(C(=O)N(C)C2CCCCC2)sc2ncnc(NC[C@@H]3CCCO3)c12. The van der Waals surface area contributed by atoms with Gasteiger partial charge in [0.15, 0.2) is 0 Å². The highest BCUT2D eigenvalue weighted by Gasteiger charge is 2.27. The van der Waals surface area contributed by atoms with E-state index in [-0.39, 0.29) is 12.0 Å². The van der Waals surface area contributed by atoms with E-state index in [0.717, 1.165) is 65.3 Å². The number of hydrogen-bond donors (Lipinski definition) is 1. The second-order valence-electron chi connectivity index (χ2n) is 7.68. The molecule has 3 heterocycles. The van der Waals surface area contributed by atoms with Gasteiger partial charge in [0, 0.05) is 26.2 Å². The minimum atomic E-state index is 0.118. The number of carbonyl (C=O) groups excluding carboxylic acids is 1. The molecule has 0 unspecified atom stereocenters. The van der Waals surface area contributed by atoms with E-state index < -0.39 is 0 Å². The molecule has 7 heteroatoms. The molecule has 1 aliphatic heterocycles. The number of fused-ring (bicyclic) bond motifs is 1. The third kappa shape index (κ3) is 3.80. The van der Waals surface area contributed by atoms with Gasteiger partial charge in [-0.05, 0) is 38.2 Å². The Morgan fingerprint density at radius 2 is 2.07 bits per heavy atom. The van der Waals surface area contributed by atoms with Crippen LogP contribution in [0.5, 0.6) is 0 Å². The number of nitrogens with zero attached hydrogens (tertiary/aromatic N) is 3. The van der Waals surface area contributed by atoms with E-state index in [2.05, 4.69) is 15.3 Å². The highest BCUT2D eigenvalue weighted by atomic mass is 32.1. The van der Waals surface area contributed by atoms with Gasteiger partial charge >= 0.3 is 0 Å². The number of aryl methyl sites for hydroxylation is 1. The summed E-state index contributed by atoms with van der Waals surface area (Å²) in [7, 11) is 1.95. The summed E-state index contributed by atoms with van der Waals surface area (Å²) in [5, 5.41) is 4.39. The first-order valence-corrected chi connectivity index (χ1v) is 10.8. The van der Waals surface area contributed by atoms with E-state index in [1.54, 1.807) is 6.33 Å². The maximum absolute atomic E-state index is 13.2. The summed E-state index contributed by atoms with van der Waals surface area (Å²) in [6.07, 6.45) is 9.97. The minimum absolute atomic E-state index is 0.118. The first-order chi connectivity index (χ1) is 13.1. The van der Waals surface area contributed by atoms with Crippen LogP contribution in [0, 0.1) is 6.92 Å². The third-order valence-electron chi connectivity index (χ3n) is 5.88. The fourth-order valence-electron chi connectivity index (χ4n) is 4.22. The van der Waals surface area contributed by atoms with Crippen LogP contribution < -0.4 is 5.32 Å². The molecule has 27 heavy (non-hydrogen) atoms. The normalized spacial score (nSPS) is 20.9. The average Bonchev–Trinajstić information content (AvgIpc) is 3.34. The number of hydrogen-bond acceptors (Lipinski definition) is 6. The molecule has 1 aliphatic carbocycles. The zero-order valence-electron chi connectivity index (χ0n) is 16.2. The fraction of sp³-hybridized carbons (Fsp3) is 0.650. The van der Waals surface area contributed by atoms with E-state index in [0.29, 0.717) is 6.04 Å². The van der Waals surface area contributed by atoms with Gasteiger partial charge in [0.1, 0.15) is 17.0 Å². The monoisotopic (exact) mass is 388 g/mol. The van der Waals surface area contributed by atoms with Gasteiger partial charge < -0.3 is 15.0 Å². The van der Waals surface area contributed by atoms with Gasteiger partial charge in [-0.1, -0.05) is 19.3 Å². The molecular weight excluding hydrogens is 360 g/mol. The van der Waals surface area contributed by atoms with Crippen LogP contribution in [0.2, 0.25) is 0 Å². The second kappa shape index (κ2) is 8.10. The number of carbonyl (C=O) groups is 1. The molecular formula is C20H28N4O2S. The lowest BCUT2D eigenvalue weighted by atomic mass is 9.94. The van der Waals surface area contributed by atoms with E-state index in [9.17, 15) is 4.79 Å². The number of amides is 1. The summed E-state index contributed by atoms with van der Waals surface area (Å²) in [5.74, 6) is 0.927. The van der Waals surface area contributed by atoms with Crippen molar-refractivity contribution in [1.29, 1.82) is 0 Å². The molecule has 1 N–H and O–H groups in total. The summed E-state index contributed by atoms with van der Waals surface area (Å²) in [6, 6.07) is 0.360. The van der Waals surface area contributed by atoms with Crippen LogP contribution in [0.15, 0.2) is 6.33 Å². The molecule has 1 amide bonds. The minimum Gasteiger partial charge on any atom is -0.376 e. The molecule has 6 nitrogen and oxygen atoms in total. The molecule has 2 fully saturated rings. The van der Waals surface area contributed by atoms with Crippen molar-refractivity contribution < 1.29 is 9.53 Å². The predicted octanol–water partition coefficient (Wildman–Crippen LogP) is 4.00. The Morgan fingerprint density at radius 3 is 2.81 bits per heavy atom. The van der Waals surface area contributed by atoms with Crippen molar-refractivity contribution >= 4 is 33.3 Å². The first-order valence-electron chi connectivity index (χ1n) is 10.0. The average molecular weight is 389 g/mol. The van der Waals surface area contributed by atoms with Crippen LogP contribution in [0.3, 0.4) is 0 Å². The van der Waals surface area contributed by atoms with E-state index in [1.165, 1.54) is 30.6 Å². The summed E-state index contributed by atoms with van der Waals surface area (Å²) in [4.78, 5) is 25.6. The van der Waals surface area contributed by atoms with Crippen LogP contribution in [-0.4, -0.2) is 53.1 Å². The van der Waals surface area contributed by atoms with Crippen LogP contribution in [0.1, 0.15) is 60.2 Å². The number of rotatable bonds is 5. The van der Waals surface area contributed by atoms with Crippen molar-refractivity contribution in [2.24, 2.45) is 0 Å². The Labute approximate surface area is 164 Å². The summed E-state index contributed by atoms with van der Waals surface area (Å²) < 4.78 is 5.69. The molecule has 1 atom stereocenters. The van der Waals surface area contributed by atoms with Gasteiger partial charge in [-0.2, -0.15) is 0 Å². The van der Waals surface area contributed by atoms with Crippen LogP contribution in [0.25, 0.3) is 10.2 Å². The lowest BCUT2D eigenvalue weighted by molar-refractivity contribution is 0.0700. The van der Waals surface area contributed by atoms with E-state index in [4.69, 9.17) is 4.74 Å². The van der Waals surface area contributed by atoms with Crippen LogP contribution in [-0.2, 0) is 4.74 Å². The van der Waals surface area contributed by atoms with Gasteiger partial charge in [-0.15, -0.1) is 11.3 Å². The van der Waals surface area contributed by atoms with Crippen molar-refractivity contribution in [3.63, 3.8) is 0 Å². The topological polar surface area (TPSA) is 67.4 Å². The van der Waals surface area contributed by atoms with Gasteiger partial charge in [0.2, 0.25) is 0 Å². The quantitative estimate of drug-likeness (QED) is 0.839. The zero-order valence-corrected chi connectivity index (χ0v) is 17.0. The Bertz CT molecular complexity index is 810. The van der Waals surface area contributed by atoms with Crippen molar-refractivity contribution in [2.45, 2.75) is 64.0 Å². The smallest absolute Gasteiger partial charge is 0.264 e. The highest BCUT2D eigenvalue weighted by Crippen LogP contribution is 2.35. The molecule has 1 saturated heterocycles. The molecule has 2 aromatic rings. The maximum atomic E-state index is 13.2. The Hall–Kier alpha value is -1.73. The highest BCUT2D eigenvalue weighted by molar-refractivity contribution is 7.20. The molecule has 0 bridgehead atoms. The summed E-state index contributed by atoms with van der Waals surface area (Å²) >= 11 is 1.48. The van der Waals surface area contributed by atoms with Crippen molar-refractivity contribution in [3.05, 3.63) is 16.8 Å². The molecule has 1 saturated carbocycles. The Kier molecular flexibility index (Phi) is 5.59. The number of nitrogens with one attached hydrogen (secondary N) is 1. The molecule has 4 rings (SSSR count). The summed E-state index contributed by atoms with van der Waals surface area (Å²) in [6.45, 7) is 3.60. The summed E-state index contributed by atoms with van der Waals surface area (Å²) in [5.41, 5.74) is 0.984. The predicted molar refractivity (Wildman–Crippen MR) is 109 cm³/mol. The molecule has 2 aromatic heterocycles. The molecule has 2 aliphatic rings. The third-order valence-corrected chi connectivity index (χ3v) is 7.07. The fourth-order valence-corrected chi connectivity index (χ4v) is 5.35. The van der Waals surface area contributed by atoms with Crippen LogP contribution >= 0.6 is 11.3 Å². The van der Waals surface area contributed by atoms with Gasteiger partial charge in [0.05, 0.1) is 16.4 Å². The molecule has 146 valence electrons. The number of thiophene rings is 1. The van der Waals surface area contributed by atoms with E-state index in [1.807, 2.05) is 18.9 Å². The van der Waals surface area contributed by atoms with Crippen LogP contribution in [0.4, 0.5) is 5.82 Å². The second-order valence-corrected chi connectivity index (χ2v) is 8.68. The standard InChI is InChI=1S/C20H28N4O2S/c1-13-16-18(21-11-15-9-6-10-26-15)22-12-23-19(16)27-17(13)20(25)24(2)14-7-4-3-5-8-14/h12,14-15H,3-11H2,1-2H3,(H,21,22,23)/t15-/m0/s1. The zero-order chi connectivity index (χ0) is 18.8. The maximum Gasteiger partial charge on any atom is 0.264 e. The first kappa shape index (κ1) is 18.6. The molecule has 0 spiro atoms. The Morgan fingerprint density at radius 1 is 1.26 bits per heavy atom. The van der Waals surface area contributed by atoms with Crippen molar-refractivity contribution in [1.82, 2.24) is 14.9 Å². The number of anilines is 1.